The molecular weight excluding hydrogens is 420 g/mol. The van der Waals surface area contributed by atoms with Gasteiger partial charge in [0.25, 0.3) is 0 Å². The van der Waals surface area contributed by atoms with Crippen LogP contribution in [0.3, 0.4) is 0 Å². The van der Waals surface area contributed by atoms with E-state index in [1.54, 1.807) is 13.8 Å². The van der Waals surface area contributed by atoms with Crippen LogP contribution in [0.1, 0.15) is 19.4 Å². The first-order chi connectivity index (χ1) is 14.7. The second-order valence-electron chi connectivity index (χ2n) is 7.42. The number of aryl methyl sites for hydroxylation is 1. The SMILES string of the molecule is C=C(C)C(=O)Sc1ccc(-c2ccc(-c3ccc(SC(=O)C(=C)C)cc3C)cc2)cc1. The molecule has 0 aliphatic rings. The van der Waals surface area contributed by atoms with E-state index in [4.69, 9.17) is 0 Å². The Kier molecular flexibility index (Phi) is 7.37. The molecule has 0 N–H and O–H groups in total. The number of carbonyl (C=O) groups is 2. The molecule has 0 heterocycles. The van der Waals surface area contributed by atoms with Gasteiger partial charge in [-0.3, -0.25) is 9.59 Å². The van der Waals surface area contributed by atoms with Crippen LogP contribution in [-0.2, 0) is 9.59 Å². The summed E-state index contributed by atoms with van der Waals surface area (Å²) in [6, 6.07) is 22.5. The highest BCUT2D eigenvalue weighted by atomic mass is 32.2. The first kappa shape index (κ1) is 22.9. The van der Waals surface area contributed by atoms with Crippen molar-refractivity contribution < 1.29 is 9.59 Å². The summed E-state index contributed by atoms with van der Waals surface area (Å²) in [4.78, 5) is 25.5. The van der Waals surface area contributed by atoms with Gasteiger partial charge in [0, 0.05) is 9.79 Å². The summed E-state index contributed by atoms with van der Waals surface area (Å²) in [5.74, 6) is 0. The van der Waals surface area contributed by atoms with E-state index in [2.05, 4.69) is 50.4 Å². The summed E-state index contributed by atoms with van der Waals surface area (Å²) < 4.78 is 0. The molecule has 3 aromatic carbocycles. The van der Waals surface area contributed by atoms with E-state index in [-0.39, 0.29) is 10.2 Å². The van der Waals surface area contributed by atoms with Gasteiger partial charge in [-0.1, -0.05) is 55.6 Å². The van der Waals surface area contributed by atoms with Crippen LogP contribution in [0.15, 0.2) is 101 Å². The van der Waals surface area contributed by atoms with Crippen LogP contribution >= 0.6 is 23.5 Å². The summed E-state index contributed by atoms with van der Waals surface area (Å²) >= 11 is 2.41. The number of thioether (sulfide) groups is 2. The highest BCUT2D eigenvalue weighted by Gasteiger charge is 2.09. The summed E-state index contributed by atoms with van der Waals surface area (Å²) in [5.41, 5.74) is 6.71. The minimum atomic E-state index is -0.0131. The van der Waals surface area contributed by atoms with E-state index < -0.39 is 0 Å². The predicted octanol–water partition coefficient (Wildman–Crippen LogP) is 7.72. The summed E-state index contributed by atoms with van der Waals surface area (Å²) in [6.45, 7) is 12.9. The van der Waals surface area contributed by atoms with Crippen LogP contribution in [0.4, 0.5) is 0 Å². The van der Waals surface area contributed by atoms with Crippen LogP contribution in [0.2, 0.25) is 0 Å². The zero-order valence-electron chi connectivity index (χ0n) is 17.9. The Bertz CT molecular complexity index is 1160. The highest BCUT2D eigenvalue weighted by Crippen LogP contribution is 2.31. The maximum atomic E-state index is 11.9. The lowest BCUT2D eigenvalue weighted by molar-refractivity contribution is -0.108. The fourth-order valence-electron chi connectivity index (χ4n) is 2.97. The third-order valence-electron chi connectivity index (χ3n) is 4.70. The Balaban J connectivity index is 1.75. The molecule has 0 saturated heterocycles. The number of benzene rings is 3. The maximum Gasteiger partial charge on any atom is 0.219 e. The number of hydrogen-bond acceptors (Lipinski definition) is 4. The first-order valence-electron chi connectivity index (χ1n) is 9.81. The molecule has 0 saturated carbocycles. The maximum absolute atomic E-state index is 11.9. The molecule has 0 aliphatic carbocycles. The molecular formula is C27H24O2S2. The van der Waals surface area contributed by atoms with Gasteiger partial charge in [-0.2, -0.15) is 0 Å². The van der Waals surface area contributed by atoms with Crippen molar-refractivity contribution in [1.82, 2.24) is 0 Å². The van der Waals surface area contributed by atoms with Crippen LogP contribution in [0.5, 0.6) is 0 Å². The molecule has 2 nitrogen and oxygen atoms in total. The molecule has 0 unspecified atom stereocenters. The Labute approximate surface area is 192 Å². The second kappa shape index (κ2) is 9.99. The van der Waals surface area contributed by atoms with Gasteiger partial charge in [-0.05, 0) is 108 Å². The third kappa shape index (κ3) is 5.87. The van der Waals surface area contributed by atoms with Crippen molar-refractivity contribution in [3.8, 4) is 22.3 Å². The monoisotopic (exact) mass is 444 g/mol. The highest BCUT2D eigenvalue weighted by molar-refractivity contribution is 8.14. The van der Waals surface area contributed by atoms with Crippen molar-refractivity contribution in [1.29, 1.82) is 0 Å². The molecule has 0 amide bonds. The summed E-state index contributed by atoms with van der Waals surface area (Å²) in [5, 5.41) is -0.0224. The lowest BCUT2D eigenvalue weighted by Crippen LogP contribution is -1.92. The zero-order valence-corrected chi connectivity index (χ0v) is 19.5. The van der Waals surface area contributed by atoms with Gasteiger partial charge in [-0.25, -0.2) is 0 Å². The van der Waals surface area contributed by atoms with Gasteiger partial charge in [0.15, 0.2) is 0 Å². The molecule has 0 aliphatic heterocycles. The minimum Gasteiger partial charge on any atom is -0.282 e. The first-order valence-corrected chi connectivity index (χ1v) is 11.4. The quantitative estimate of drug-likeness (QED) is 0.288. The lowest BCUT2D eigenvalue weighted by Gasteiger charge is -2.10. The number of carbonyl (C=O) groups excluding carboxylic acids is 2. The molecule has 3 aromatic rings. The summed E-state index contributed by atoms with van der Waals surface area (Å²) in [7, 11) is 0. The normalized spacial score (nSPS) is 10.5. The van der Waals surface area contributed by atoms with Gasteiger partial charge in [-0.15, -0.1) is 0 Å². The molecule has 4 heteroatoms. The average molecular weight is 445 g/mol. The van der Waals surface area contributed by atoms with Crippen molar-refractivity contribution in [2.45, 2.75) is 30.6 Å². The Morgan fingerprint density at radius 2 is 1.06 bits per heavy atom. The molecule has 0 atom stereocenters. The standard InChI is InChI=1S/C27H24O2S2/c1-17(2)26(28)30-23-12-10-21(11-13-23)20-6-8-22(9-7-20)25-15-14-24(16-19(25)5)31-27(29)18(3)4/h6-16H,1,3H2,2,4-5H3. The van der Waals surface area contributed by atoms with Crippen molar-refractivity contribution in [3.63, 3.8) is 0 Å². The molecule has 0 radical (unpaired) electrons. The van der Waals surface area contributed by atoms with E-state index in [1.165, 1.54) is 23.5 Å². The van der Waals surface area contributed by atoms with Crippen LogP contribution in [0.25, 0.3) is 22.3 Å². The Hall–Kier alpha value is -2.82. The smallest absolute Gasteiger partial charge is 0.219 e. The number of hydrogen-bond donors (Lipinski definition) is 0. The Morgan fingerprint density at radius 3 is 1.55 bits per heavy atom. The van der Waals surface area contributed by atoms with E-state index in [0.717, 1.165) is 37.6 Å². The second-order valence-corrected chi connectivity index (χ2v) is 9.51. The molecule has 0 aromatic heterocycles. The third-order valence-corrected chi connectivity index (χ3v) is 6.76. The molecule has 156 valence electrons. The minimum absolute atomic E-state index is 0.00934. The van der Waals surface area contributed by atoms with Crippen LogP contribution in [-0.4, -0.2) is 10.2 Å². The molecule has 0 spiro atoms. The zero-order chi connectivity index (χ0) is 22.5. The van der Waals surface area contributed by atoms with Crippen molar-refractivity contribution >= 4 is 33.8 Å². The largest absolute Gasteiger partial charge is 0.282 e. The molecule has 0 bridgehead atoms. The number of rotatable bonds is 6. The Morgan fingerprint density at radius 1 is 0.645 bits per heavy atom. The fourth-order valence-corrected chi connectivity index (χ4v) is 4.39. The van der Waals surface area contributed by atoms with Crippen LogP contribution in [0, 0.1) is 6.92 Å². The van der Waals surface area contributed by atoms with Gasteiger partial charge < -0.3 is 0 Å². The topological polar surface area (TPSA) is 34.1 Å². The van der Waals surface area contributed by atoms with E-state index >= 15 is 0 Å². The predicted molar refractivity (Wildman–Crippen MR) is 133 cm³/mol. The van der Waals surface area contributed by atoms with Gasteiger partial charge in [0.05, 0.1) is 0 Å². The molecule has 0 fully saturated rings. The van der Waals surface area contributed by atoms with Crippen molar-refractivity contribution in [3.05, 3.63) is 96.6 Å². The van der Waals surface area contributed by atoms with E-state index in [1.807, 2.05) is 36.4 Å². The van der Waals surface area contributed by atoms with Crippen molar-refractivity contribution in [2.24, 2.45) is 0 Å². The van der Waals surface area contributed by atoms with Crippen LogP contribution < -0.4 is 0 Å². The summed E-state index contributed by atoms with van der Waals surface area (Å²) in [6.07, 6.45) is 0. The van der Waals surface area contributed by atoms with E-state index in [9.17, 15) is 9.59 Å². The van der Waals surface area contributed by atoms with Gasteiger partial charge in [0.1, 0.15) is 0 Å². The lowest BCUT2D eigenvalue weighted by atomic mass is 9.98. The van der Waals surface area contributed by atoms with Gasteiger partial charge >= 0.3 is 0 Å². The van der Waals surface area contributed by atoms with E-state index in [0.29, 0.717) is 11.1 Å². The van der Waals surface area contributed by atoms with Crippen molar-refractivity contribution in [2.75, 3.05) is 0 Å². The average Bonchev–Trinajstić information content (AvgIpc) is 2.74. The molecule has 3 rings (SSSR count). The molecule has 31 heavy (non-hydrogen) atoms. The fraction of sp³-hybridized carbons (Fsp3) is 0.111. The van der Waals surface area contributed by atoms with Gasteiger partial charge in [0.2, 0.25) is 10.2 Å².